The average molecular weight is 373 g/mol. The Balaban J connectivity index is 1.71. The highest BCUT2D eigenvalue weighted by Gasteiger charge is 2.38. The van der Waals surface area contributed by atoms with Crippen molar-refractivity contribution < 1.29 is 9.53 Å². The van der Waals surface area contributed by atoms with Crippen molar-refractivity contribution >= 4 is 5.78 Å². The minimum Gasteiger partial charge on any atom is -0.457 e. The van der Waals surface area contributed by atoms with E-state index in [4.69, 9.17) is 4.74 Å². The van der Waals surface area contributed by atoms with Gasteiger partial charge in [0.1, 0.15) is 11.5 Å². The van der Waals surface area contributed by atoms with E-state index in [-0.39, 0.29) is 17.1 Å². The molecule has 0 spiro atoms. The molecule has 0 unspecified atom stereocenters. The van der Waals surface area contributed by atoms with E-state index in [1.165, 1.54) is 5.70 Å². The van der Waals surface area contributed by atoms with Crippen LogP contribution in [-0.2, 0) is 4.79 Å². The van der Waals surface area contributed by atoms with Crippen LogP contribution < -0.4 is 10.1 Å². The Morgan fingerprint density at radius 3 is 2.54 bits per heavy atom. The molecular weight excluding hydrogens is 346 g/mol. The summed E-state index contributed by atoms with van der Waals surface area (Å²) in [5.41, 5.74) is 4.31. The van der Waals surface area contributed by atoms with Crippen LogP contribution in [0.15, 0.2) is 77.6 Å². The minimum atomic E-state index is -0.0193. The number of benzene rings is 2. The van der Waals surface area contributed by atoms with Crippen molar-refractivity contribution in [2.45, 2.75) is 46.0 Å². The summed E-state index contributed by atoms with van der Waals surface area (Å²) in [5.74, 6) is 1.84. The number of carbonyl (C=O) groups is 1. The minimum absolute atomic E-state index is 0.00191. The first-order valence-electron chi connectivity index (χ1n) is 10.0. The van der Waals surface area contributed by atoms with Gasteiger partial charge >= 0.3 is 0 Å². The molecule has 1 aliphatic heterocycles. The van der Waals surface area contributed by atoms with E-state index in [0.29, 0.717) is 6.42 Å². The molecular formula is C25H27NO2. The maximum absolute atomic E-state index is 13.0. The van der Waals surface area contributed by atoms with E-state index in [1.807, 2.05) is 42.5 Å². The molecule has 0 bridgehead atoms. The summed E-state index contributed by atoms with van der Waals surface area (Å²) in [6.07, 6.45) is 4.63. The van der Waals surface area contributed by atoms with Gasteiger partial charge in [-0.1, -0.05) is 57.2 Å². The first-order chi connectivity index (χ1) is 13.4. The highest BCUT2D eigenvalue weighted by molar-refractivity contribution is 5.99. The van der Waals surface area contributed by atoms with Gasteiger partial charge in [-0.05, 0) is 48.1 Å². The number of hydrogen-bond donors (Lipinski definition) is 1. The van der Waals surface area contributed by atoms with E-state index in [0.717, 1.165) is 41.2 Å². The van der Waals surface area contributed by atoms with E-state index >= 15 is 0 Å². The lowest BCUT2D eigenvalue weighted by molar-refractivity contribution is -0.118. The van der Waals surface area contributed by atoms with Gasteiger partial charge < -0.3 is 10.1 Å². The zero-order valence-electron chi connectivity index (χ0n) is 16.8. The molecule has 0 fully saturated rings. The third kappa shape index (κ3) is 3.75. The lowest BCUT2D eigenvalue weighted by atomic mass is 9.70. The molecule has 28 heavy (non-hydrogen) atoms. The first kappa shape index (κ1) is 18.5. The van der Waals surface area contributed by atoms with Gasteiger partial charge in [0, 0.05) is 29.3 Å². The number of dihydropyridines is 1. The van der Waals surface area contributed by atoms with Crippen molar-refractivity contribution in [1.29, 1.82) is 0 Å². The summed E-state index contributed by atoms with van der Waals surface area (Å²) in [5, 5.41) is 3.53. The number of Topliss-reactive ketones (excluding diaryl/α,β-unsaturated/α-hetero) is 1. The molecule has 0 saturated carbocycles. The fraction of sp³-hybridized carbons (Fsp3) is 0.320. The fourth-order valence-corrected chi connectivity index (χ4v) is 4.19. The van der Waals surface area contributed by atoms with Crippen molar-refractivity contribution in [3.63, 3.8) is 0 Å². The van der Waals surface area contributed by atoms with Gasteiger partial charge in [0.2, 0.25) is 0 Å². The lowest BCUT2D eigenvalue weighted by Gasteiger charge is -2.38. The third-order valence-corrected chi connectivity index (χ3v) is 5.49. The maximum atomic E-state index is 13.0. The van der Waals surface area contributed by atoms with E-state index < -0.39 is 0 Å². The van der Waals surface area contributed by atoms with Crippen molar-refractivity contribution in [1.82, 2.24) is 5.32 Å². The Kier molecular flexibility index (Phi) is 4.84. The van der Waals surface area contributed by atoms with Crippen LogP contribution in [0.4, 0.5) is 0 Å². The molecule has 1 heterocycles. The number of carbonyl (C=O) groups excluding carboxylic acids is 1. The normalized spacial score (nSPS) is 20.9. The SMILES string of the molecule is CCC1=C[C@@H](c2cccc(Oc3ccccc3)c2)C2=C(CC(C)(C)CC2=O)N1. The quantitative estimate of drug-likeness (QED) is 0.703. The second kappa shape index (κ2) is 7.31. The first-order valence-corrected chi connectivity index (χ1v) is 10.0. The van der Waals surface area contributed by atoms with Crippen LogP contribution in [-0.4, -0.2) is 5.78 Å². The van der Waals surface area contributed by atoms with Gasteiger partial charge in [0.15, 0.2) is 5.78 Å². The van der Waals surface area contributed by atoms with Crippen LogP contribution in [0.5, 0.6) is 11.5 Å². The van der Waals surface area contributed by atoms with Crippen LogP contribution in [0.1, 0.15) is 51.5 Å². The van der Waals surface area contributed by atoms with E-state index in [2.05, 4.69) is 44.3 Å². The summed E-state index contributed by atoms with van der Waals surface area (Å²) in [7, 11) is 0. The van der Waals surface area contributed by atoms with Crippen LogP contribution in [0, 0.1) is 5.41 Å². The molecule has 2 aromatic carbocycles. The maximum Gasteiger partial charge on any atom is 0.162 e. The molecule has 1 aliphatic carbocycles. The largest absolute Gasteiger partial charge is 0.457 e. The van der Waals surface area contributed by atoms with E-state index in [9.17, 15) is 4.79 Å². The summed E-state index contributed by atoms with van der Waals surface area (Å²) in [6.45, 7) is 6.49. The zero-order valence-corrected chi connectivity index (χ0v) is 16.8. The van der Waals surface area contributed by atoms with Crippen LogP contribution in [0.2, 0.25) is 0 Å². The summed E-state index contributed by atoms with van der Waals surface area (Å²) in [6, 6.07) is 17.9. The van der Waals surface area contributed by atoms with E-state index in [1.54, 1.807) is 0 Å². The Morgan fingerprint density at radius 2 is 1.79 bits per heavy atom. The molecule has 2 aliphatic rings. The molecule has 0 aromatic heterocycles. The van der Waals surface area contributed by atoms with Gasteiger partial charge in [0.05, 0.1) is 0 Å². The number of nitrogens with one attached hydrogen (secondary N) is 1. The van der Waals surface area contributed by atoms with Crippen LogP contribution in [0.3, 0.4) is 0 Å². The van der Waals surface area contributed by atoms with Crippen molar-refractivity contribution in [3.05, 3.63) is 83.2 Å². The van der Waals surface area contributed by atoms with Crippen molar-refractivity contribution in [3.8, 4) is 11.5 Å². The van der Waals surface area contributed by atoms with Crippen molar-refractivity contribution in [2.75, 3.05) is 0 Å². The van der Waals surface area contributed by atoms with Gasteiger partial charge in [-0.3, -0.25) is 4.79 Å². The molecule has 1 atom stereocenters. The van der Waals surface area contributed by atoms with Crippen LogP contribution >= 0.6 is 0 Å². The number of allylic oxidation sites excluding steroid dienone is 4. The number of para-hydroxylation sites is 1. The van der Waals surface area contributed by atoms with Gasteiger partial charge in [-0.25, -0.2) is 0 Å². The highest BCUT2D eigenvalue weighted by atomic mass is 16.5. The third-order valence-electron chi connectivity index (χ3n) is 5.49. The number of ether oxygens (including phenoxy) is 1. The summed E-state index contributed by atoms with van der Waals surface area (Å²) < 4.78 is 6.02. The predicted molar refractivity (Wildman–Crippen MR) is 112 cm³/mol. The molecule has 3 nitrogen and oxygen atoms in total. The molecule has 0 amide bonds. The second-order valence-corrected chi connectivity index (χ2v) is 8.47. The number of hydrogen-bond acceptors (Lipinski definition) is 3. The Labute approximate surface area is 167 Å². The Morgan fingerprint density at radius 1 is 1.04 bits per heavy atom. The van der Waals surface area contributed by atoms with Gasteiger partial charge in [-0.2, -0.15) is 0 Å². The van der Waals surface area contributed by atoms with Gasteiger partial charge in [-0.15, -0.1) is 0 Å². The summed E-state index contributed by atoms with van der Waals surface area (Å²) >= 11 is 0. The fourth-order valence-electron chi connectivity index (χ4n) is 4.19. The van der Waals surface area contributed by atoms with Crippen LogP contribution in [0.25, 0.3) is 0 Å². The zero-order chi connectivity index (χ0) is 19.7. The molecule has 144 valence electrons. The Bertz CT molecular complexity index is 954. The molecule has 0 saturated heterocycles. The van der Waals surface area contributed by atoms with Gasteiger partial charge in [0.25, 0.3) is 0 Å². The standard InChI is InChI=1S/C25H27NO2/c1-4-18-14-21(24-22(26-18)15-25(2,3)16-23(24)27)17-9-8-12-20(13-17)28-19-10-6-5-7-11-19/h5-14,21,26H,4,15-16H2,1-3H3/t21-/m0/s1. The molecule has 2 aromatic rings. The topological polar surface area (TPSA) is 38.3 Å². The Hall–Kier alpha value is -2.81. The number of rotatable bonds is 4. The lowest BCUT2D eigenvalue weighted by Crippen LogP contribution is -2.35. The summed E-state index contributed by atoms with van der Waals surface area (Å²) in [4.78, 5) is 13.0. The van der Waals surface area contributed by atoms with Crippen molar-refractivity contribution in [2.24, 2.45) is 5.41 Å². The molecule has 4 rings (SSSR count). The monoisotopic (exact) mass is 373 g/mol. The highest BCUT2D eigenvalue weighted by Crippen LogP contribution is 2.44. The molecule has 1 N–H and O–H groups in total. The molecule has 0 radical (unpaired) electrons. The number of ketones is 1. The molecule has 3 heteroatoms. The smallest absolute Gasteiger partial charge is 0.162 e. The predicted octanol–water partition coefficient (Wildman–Crippen LogP) is 6.10. The second-order valence-electron chi connectivity index (χ2n) is 8.47. The average Bonchev–Trinajstić information content (AvgIpc) is 2.67.